The fourth-order valence-electron chi connectivity index (χ4n) is 2.20. The molecule has 0 bridgehead atoms. The first-order valence-electron chi connectivity index (χ1n) is 7.21. The molecule has 0 heterocycles. The Hall–Kier alpha value is -1.35. The number of hydrogen-bond acceptors (Lipinski definition) is 2. The van der Waals surface area contributed by atoms with Crippen molar-refractivity contribution >= 4 is 5.91 Å². The van der Waals surface area contributed by atoms with Gasteiger partial charge in [-0.2, -0.15) is 0 Å². The molecule has 0 aromatic heterocycles. The molecule has 0 spiro atoms. The van der Waals surface area contributed by atoms with E-state index in [1.54, 1.807) is 0 Å². The van der Waals surface area contributed by atoms with Crippen LogP contribution in [0.1, 0.15) is 37.3 Å². The molecular formula is C16H23NO2. The molecule has 3 nitrogen and oxygen atoms in total. The molecule has 2 rings (SSSR count). The van der Waals surface area contributed by atoms with E-state index in [9.17, 15) is 9.90 Å². The smallest absolute Gasteiger partial charge is 0.222 e. The third kappa shape index (κ3) is 4.67. The summed E-state index contributed by atoms with van der Waals surface area (Å²) in [6.07, 6.45) is 3.84. The van der Waals surface area contributed by atoms with Crippen molar-refractivity contribution in [2.45, 2.75) is 45.1 Å². The van der Waals surface area contributed by atoms with Crippen molar-refractivity contribution in [1.82, 2.24) is 5.32 Å². The van der Waals surface area contributed by atoms with Gasteiger partial charge in [-0.15, -0.1) is 0 Å². The molecule has 1 saturated carbocycles. The van der Waals surface area contributed by atoms with Crippen LogP contribution < -0.4 is 5.32 Å². The molecule has 2 N–H and O–H groups in total. The predicted octanol–water partition coefficient (Wildman–Crippen LogP) is 2.07. The van der Waals surface area contributed by atoms with Crippen molar-refractivity contribution in [2.75, 3.05) is 6.54 Å². The van der Waals surface area contributed by atoms with Gasteiger partial charge < -0.3 is 10.4 Å². The van der Waals surface area contributed by atoms with Crippen molar-refractivity contribution in [3.63, 3.8) is 0 Å². The second-order valence-corrected chi connectivity index (χ2v) is 5.38. The minimum Gasteiger partial charge on any atom is -0.392 e. The Morgan fingerprint density at radius 2 is 1.95 bits per heavy atom. The molecular weight excluding hydrogens is 238 g/mol. The van der Waals surface area contributed by atoms with Gasteiger partial charge in [0.25, 0.3) is 0 Å². The molecule has 1 aliphatic carbocycles. The molecule has 0 radical (unpaired) electrons. The highest BCUT2D eigenvalue weighted by atomic mass is 16.3. The van der Waals surface area contributed by atoms with E-state index in [0.29, 0.717) is 12.5 Å². The largest absolute Gasteiger partial charge is 0.392 e. The van der Waals surface area contributed by atoms with Gasteiger partial charge in [-0.05, 0) is 42.7 Å². The van der Waals surface area contributed by atoms with E-state index in [1.165, 1.54) is 11.1 Å². The highest BCUT2D eigenvalue weighted by molar-refractivity contribution is 5.76. The van der Waals surface area contributed by atoms with Gasteiger partial charge >= 0.3 is 0 Å². The predicted molar refractivity (Wildman–Crippen MR) is 75.9 cm³/mol. The quantitative estimate of drug-likeness (QED) is 0.789. The molecule has 0 aliphatic heterocycles. The molecule has 104 valence electrons. The van der Waals surface area contributed by atoms with E-state index in [2.05, 4.69) is 36.5 Å². The number of rotatable bonds is 7. The average molecular weight is 261 g/mol. The Morgan fingerprint density at radius 1 is 1.32 bits per heavy atom. The Labute approximate surface area is 115 Å². The molecule has 1 aromatic rings. The third-order valence-corrected chi connectivity index (χ3v) is 3.73. The van der Waals surface area contributed by atoms with Crippen LogP contribution in [0.3, 0.4) is 0 Å². The van der Waals surface area contributed by atoms with E-state index in [-0.39, 0.29) is 12.3 Å². The standard InChI is InChI=1S/C16H23NO2/c1-2-12-3-5-13(6-4-12)9-10-17-16(19)11-15(18)14-7-8-14/h3-6,14-15,18H,2,7-11H2,1H3,(H,17,19). The van der Waals surface area contributed by atoms with Crippen LogP contribution in [-0.4, -0.2) is 23.7 Å². The highest BCUT2D eigenvalue weighted by Gasteiger charge is 2.30. The van der Waals surface area contributed by atoms with Gasteiger partial charge in [-0.3, -0.25) is 4.79 Å². The molecule has 1 amide bonds. The average Bonchev–Trinajstić information content (AvgIpc) is 3.24. The number of aryl methyl sites for hydroxylation is 1. The van der Waals surface area contributed by atoms with E-state index < -0.39 is 6.10 Å². The number of aliphatic hydroxyl groups is 1. The lowest BCUT2D eigenvalue weighted by atomic mass is 10.1. The van der Waals surface area contributed by atoms with E-state index in [0.717, 1.165) is 25.7 Å². The Bertz CT molecular complexity index is 409. The monoisotopic (exact) mass is 261 g/mol. The summed E-state index contributed by atoms with van der Waals surface area (Å²) in [4.78, 5) is 11.6. The highest BCUT2D eigenvalue weighted by Crippen LogP contribution is 2.33. The fraction of sp³-hybridized carbons (Fsp3) is 0.562. The van der Waals surface area contributed by atoms with Gasteiger partial charge in [-0.1, -0.05) is 31.2 Å². The zero-order valence-corrected chi connectivity index (χ0v) is 11.6. The minimum absolute atomic E-state index is 0.0374. The maximum Gasteiger partial charge on any atom is 0.222 e. The Morgan fingerprint density at radius 3 is 2.53 bits per heavy atom. The van der Waals surface area contributed by atoms with Crippen molar-refractivity contribution in [1.29, 1.82) is 0 Å². The topological polar surface area (TPSA) is 49.3 Å². The van der Waals surface area contributed by atoms with Crippen molar-refractivity contribution in [2.24, 2.45) is 5.92 Å². The maximum atomic E-state index is 11.6. The molecule has 1 aliphatic rings. The van der Waals surface area contributed by atoms with Gasteiger partial charge in [0.05, 0.1) is 12.5 Å². The van der Waals surface area contributed by atoms with Crippen LogP contribution >= 0.6 is 0 Å². The summed E-state index contributed by atoms with van der Waals surface area (Å²) in [6.45, 7) is 2.78. The van der Waals surface area contributed by atoms with Crippen LogP contribution in [0.25, 0.3) is 0 Å². The number of nitrogens with one attached hydrogen (secondary N) is 1. The van der Waals surface area contributed by atoms with Gasteiger partial charge in [0.2, 0.25) is 5.91 Å². The summed E-state index contributed by atoms with van der Waals surface area (Å²) in [5.74, 6) is 0.330. The van der Waals surface area contributed by atoms with Crippen LogP contribution in [-0.2, 0) is 17.6 Å². The number of benzene rings is 1. The SMILES string of the molecule is CCc1ccc(CCNC(=O)CC(O)C2CC2)cc1. The first-order chi connectivity index (χ1) is 9.19. The lowest BCUT2D eigenvalue weighted by molar-refractivity contribution is -0.123. The number of carbonyl (C=O) groups excluding carboxylic acids is 1. The summed E-state index contributed by atoms with van der Waals surface area (Å²) >= 11 is 0. The van der Waals surface area contributed by atoms with Crippen LogP contribution in [0.15, 0.2) is 24.3 Å². The zero-order valence-electron chi connectivity index (χ0n) is 11.6. The third-order valence-electron chi connectivity index (χ3n) is 3.73. The molecule has 19 heavy (non-hydrogen) atoms. The van der Waals surface area contributed by atoms with Crippen LogP contribution in [0.5, 0.6) is 0 Å². The van der Waals surface area contributed by atoms with Crippen LogP contribution in [0.4, 0.5) is 0 Å². The number of hydrogen-bond donors (Lipinski definition) is 2. The van der Waals surface area contributed by atoms with E-state index in [1.807, 2.05) is 0 Å². The summed E-state index contributed by atoms with van der Waals surface area (Å²) < 4.78 is 0. The van der Waals surface area contributed by atoms with Crippen LogP contribution in [0.2, 0.25) is 0 Å². The maximum absolute atomic E-state index is 11.6. The second-order valence-electron chi connectivity index (χ2n) is 5.38. The fourth-order valence-corrected chi connectivity index (χ4v) is 2.20. The van der Waals surface area contributed by atoms with Gasteiger partial charge in [0.15, 0.2) is 0 Å². The van der Waals surface area contributed by atoms with E-state index >= 15 is 0 Å². The molecule has 1 unspecified atom stereocenters. The first kappa shape index (κ1) is 14.1. The molecule has 3 heteroatoms. The Balaban J connectivity index is 1.65. The molecule has 1 aromatic carbocycles. The second kappa shape index (κ2) is 6.71. The summed E-state index contributed by atoms with van der Waals surface area (Å²) in [5.41, 5.74) is 2.57. The number of carbonyl (C=O) groups is 1. The van der Waals surface area contributed by atoms with Crippen molar-refractivity contribution < 1.29 is 9.90 Å². The molecule has 0 saturated heterocycles. The normalized spacial score (nSPS) is 16.1. The van der Waals surface area contributed by atoms with Gasteiger partial charge in [-0.25, -0.2) is 0 Å². The van der Waals surface area contributed by atoms with Gasteiger partial charge in [0.1, 0.15) is 0 Å². The molecule has 1 atom stereocenters. The summed E-state index contributed by atoms with van der Waals surface area (Å²) in [7, 11) is 0. The minimum atomic E-state index is -0.441. The lowest BCUT2D eigenvalue weighted by Crippen LogP contribution is -2.29. The Kier molecular flexibility index (Phi) is 4.97. The van der Waals surface area contributed by atoms with Crippen molar-refractivity contribution in [3.8, 4) is 0 Å². The zero-order chi connectivity index (χ0) is 13.7. The van der Waals surface area contributed by atoms with Crippen molar-refractivity contribution in [3.05, 3.63) is 35.4 Å². The number of aliphatic hydroxyl groups excluding tert-OH is 1. The number of amides is 1. The van der Waals surface area contributed by atoms with Crippen LogP contribution in [0, 0.1) is 5.92 Å². The van der Waals surface area contributed by atoms with Gasteiger partial charge in [0, 0.05) is 6.54 Å². The molecule has 1 fully saturated rings. The summed E-state index contributed by atoms with van der Waals surface area (Å²) in [6, 6.07) is 8.50. The summed E-state index contributed by atoms with van der Waals surface area (Å²) in [5, 5.41) is 12.5. The first-order valence-corrected chi connectivity index (χ1v) is 7.21. The lowest BCUT2D eigenvalue weighted by Gasteiger charge is -2.09. The van der Waals surface area contributed by atoms with E-state index in [4.69, 9.17) is 0 Å².